The molecule has 0 unspecified atom stereocenters. The van der Waals surface area contributed by atoms with Gasteiger partial charge in [0.25, 0.3) is 5.91 Å². The van der Waals surface area contributed by atoms with Crippen molar-refractivity contribution >= 4 is 17.2 Å². The molecule has 0 aliphatic carbocycles. The minimum Gasteiger partial charge on any atom is -0.335 e. The van der Waals surface area contributed by atoms with Crippen LogP contribution in [0.2, 0.25) is 0 Å². The standard InChI is InChI=1S/C21H26N6OS/c1-17-22-19(16-29-17)14-25-10-12-26(13-11-25)21(28)20-15-27(24-23-20)9-5-8-18-6-3-2-4-7-18/h2-4,6-7,15-16H,5,8-14H2,1H3. The highest BCUT2D eigenvalue weighted by Gasteiger charge is 2.24. The van der Waals surface area contributed by atoms with Crippen molar-refractivity contribution in [3.63, 3.8) is 0 Å². The average Bonchev–Trinajstić information content (AvgIpc) is 3.38. The van der Waals surface area contributed by atoms with Gasteiger partial charge in [-0.1, -0.05) is 35.5 Å². The number of benzene rings is 1. The maximum absolute atomic E-state index is 12.8. The van der Waals surface area contributed by atoms with Crippen LogP contribution >= 0.6 is 11.3 Å². The zero-order chi connectivity index (χ0) is 20.1. The average molecular weight is 411 g/mol. The third kappa shape index (κ3) is 5.27. The van der Waals surface area contributed by atoms with Gasteiger partial charge in [-0.2, -0.15) is 0 Å². The second kappa shape index (κ2) is 9.28. The molecule has 1 fully saturated rings. The fraction of sp³-hybridized carbons (Fsp3) is 0.429. The Morgan fingerprint density at radius 1 is 1.14 bits per heavy atom. The molecule has 0 radical (unpaired) electrons. The topological polar surface area (TPSA) is 67.2 Å². The lowest BCUT2D eigenvalue weighted by atomic mass is 10.1. The molecule has 2 aromatic heterocycles. The molecule has 0 bridgehead atoms. The molecule has 0 saturated carbocycles. The molecule has 29 heavy (non-hydrogen) atoms. The number of aromatic nitrogens is 4. The van der Waals surface area contributed by atoms with Gasteiger partial charge in [-0.25, -0.2) is 4.98 Å². The van der Waals surface area contributed by atoms with Crippen molar-refractivity contribution in [1.82, 2.24) is 29.8 Å². The minimum atomic E-state index is -0.0246. The molecule has 0 spiro atoms. The van der Waals surface area contributed by atoms with Crippen molar-refractivity contribution in [1.29, 1.82) is 0 Å². The molecule has 1 aliphatic rings. The van der Waals surface area contributed by atoms with Gasteiger partial charge in [0.2, 0.25) is 0 Å². The summed E-state index contributed by atoms with van der Waals surface area (Å²) in [6.07, 6.45) is 3.73. The number of carbonyl (C=O) groups is 1. The lowest BCUT2D eigenvalue weighted by Gasteiger charge is -2.33. The molecular formula is C21H26N6OS. The molecule has 8 heteroatoms. The van der Waals surface area contributed by atoms with Crippen molar-refractivity contribution < 1.29 is 4.79 Å². The lowest BCUT2D eigenvalue weighted by molar-refractivity contribution is 0.0621. The van der Waals surface area contributed by atoms with E-state index in [0.717, 1.165) is 49.7 Å². The van der Waals surface area contributed by atoms with E-state index in [0.29, 0.717) is 18.8 Å². The summed E-state index contributed by atoms with van der Waals surface area (Å²) in [5.74, 6) is -0.0246. The third-order valence-electron chi connectivity index (χ3n) is 5.16. The Bertz CT molecular complexity index is 930. The van der Waals surface area contributed by atoms with E-state index in [1.165, 1.54) is 5.56 Å². The van der Waals surface area contributed by atoms with Gasteiger partial charge in [0.15, 0.2) is 5.69 Å². The first-order chi connectivity index (χ1) is 14.2. The van der Waals surface area contributed by atoms with E-state index in [9.17, 15) is 4.79 Å². The molecule has 1 saturated heterocycles. The van der Waals surface area contributed by atoms with Crippen LogP contribution in [0.3, 0.4) is 0 Å². The molecule has 3 heterocycles. The highest BCUT2D eigenvalue weighted by Crippen LogP contribution is 2.13. The zero-order valence-electron chi connectivity index (χ0n) is 16.7. The summed E-state index contributed by atoms with van der Waals surface area (Å²) in [5, 5.41) is 11.5. The van der Waals surface area contributed by atoms with Crippen LogP contribution in [-0.2, 0) is 19.5 Å². The normalized spacial score (nSPS) is 15.0. The van der Waals surface area contributed by atoms with E-state index >= 15 is 0 Å². The van der Waals surface area contributed by atoms with Crippen molar-refractivity contribution in [3.05, 3.63) is 63.9 Å². The van der Waals surface area contributed by atoms with Crippen LogP contribution in [0.15, 0.2) is 41.9 Å². The largest absolute Gasteiger partial charge is 0.335 e. The third-order valence-corrected chi connectivity index (χ3v) is 5.99. The van der Waals surface area contributed by atoms with Gasteiger partial charge in [-0.15, -0.1) is 16.4 Å². The van der Waals surface area contributed by atoms with Gasteiger partial charge in [-0.05, 0) is 25.3 Å². The van der Waals surface area contributed by atoms with Gasteiger partial charge >= 0.3 is 0 Å². The van der Waals surface area contributed by atoms with Crippen LogP contribution < -0.4 is 0 Å². The monoisotopic (exact) mass is 410 g/mol. The molecule has 1 aromatic carbocycles. The Morgan fingerprint density at radius 2 is 1.93 bits per heavy atom. The van der Waals surface area contributed by atoms with Crippen LogP contribution in [0.25, 0.3) is 0 Å². The summed E-state index contributed by atoms with van der Waals surface area (Å²) in [6.45, 7) is 6.77. The van der Waals surface area contributed by atoms with E-state index in [2.05, 4.69) is 49.8 Å². The Hall–Kier alpha value is -2.58. The molecule has 3 aromatic rings. The second-order valence-corrected chi connectivity index (χ2v) is 8.44. The SMILES string of the molecule is Cc1nc(CN2CCN(C(=O)c3cn(CCCc4ccccc4)nn3)CC2)cs1. The number of amides is 1. The highest BCUT2D eigenvalue weighted by molar-refractivity contribution is 7.09. The summed E-state index contributed by atoms with van der Waals surface area (Å²) in [5.41, 5.74) is 2.87. The quantitative estimate of drug-likeness (QED) is 0.599. The number of piperazine rings is 1. The summed E-state index contributed by atoms with van der Waals surface area (Å²) < 4.78 is 1.77. The summed E-state index contributed by atoms with van der Waals surface area (Å²) in [6, 6.07) is 10.4. The van der Waals surface area contributed by atoms with Crippen LogP contribution in [0.5, 0.6) is 0 Å². The van der Waals surface area contributed by atoms with Gasteiger partial charge < -0.3 is 4.90 Å². The molecule has 1 aliphatic heterocycles. The van der Waals surface area contributed by atoms with Crippen molar-refractivity contribution in [2.24, 2.45) is 0 Å². The predicted molar refractivity (Wildman–Crippen MR) is 113 cm³/mol. The molecule has 1 amide bonds. The number of hydrogen-bond acceptors (Lipinski definition) is 6. The van der Waals surface area contributed by atoms with Crippen molar-refractivity contribution in [2.45, 2.75) is 32.9 Å². The number of thiazole rings is 1. The molecule has 7 nitrogen and oxygen atoms in total. The summed E-state index contributed by atoms with van der Waals surface area (Å²) in [4.78, 5) is 21.5. The summed E-state index contributed by atoms with van der Waals surface area (Å²) >= 11 is 1.68. The second-order valence-electron chi connectivity index (χ2n) is 7.38. The fourth-order valence-corrected chi connectivity index (χ4v) is 4.18. The lowest BCUT2D eigenvalue weighted by Crippen LogP contribution is -2.48. The Labute approximate surface area is 175 Å². The highest BCUT2D eigenvalue weighted by atomic mass is 32.1. The number of nitrogens with zero attached hydrogens (tertiary/aromatic N) is 6. The van der Waals surface area contributed by atoms with E-state index < -0.39 is 0 Å². The van der Waals surface area contributed by atoms with Crippen LogP contribution in [0.4, 0.5) is 0 Å². The van der Waals surface area contributed by atoms with E-state index in [-0.39, 0.29) is 5.91 Å². The minimum absolute atomic E-state index is 0.0246. The number of rotatable bonds is 7. The molecular weight excluding hydrogens is 384 g/mol. The Balaban J connectivity index is 1.24. The Morgan fingerprint density at radius 3 is 2.66 bits per heavy atom. The zero-order valence-corrected chi connectivity index (χ0v) is 17.5. The number of carbonyl (C=O) groups excluding carboxylic acids is 1. The molecule has 0 N–H and O–H groups in total. The summed E-state index contributed by atoms with van der Waals surface area (Å²) in [7, 11) is 0. The van der Waals surface area contributed by atoms with Crippen LogP contribution in [0.1, 0.15) is 33.2 Å². The first kappa shape index (κ1) is 19.7. The van der Waals surface area contributed by atoms with Crippen molar-refractivity contribution in [2.75, 3.05) is 26.2 Å². The van der Waals surface area contributed by atoms with Crippen LogP contribution in [0, 0.1) is 6.92 Å². The first-order valence-electron chi connectivity index (χ1n) is 10.0. The molecule has 4 rings (SSSR count). The predicted octanol–water partition coefficient (Wildman–Crippen LogP) is 2.63. The van der Waals surface area contributed by atoms with Gasteiger partial charge in [0.1, 0.15) is 0 Å². The van der Waals surface area contributed by atoms with E-state index in [4.69, 9.17) is 0 Å². The number of aryl methyl sites for hydroxylation is 3. The fourth-order valence-electron chi connectivity index (χ4n) is 3.58. The van der Waals surface area contributed by atoms with Gasteiger partial charge in [0, 0.05) is 44.6 Å². The maximum atomic E-state index is 12.8. The Kier molecular flexibility index (Phi) is 6.31. The van der Waals surface area contributed by atoms with Crippen molar-refractivity contribution in [3.8, 4) is 0 Å². The first-order valence-corrected chi connectivity index (χ1v) is 10.9. The smallest absolute Gasteiger partial charge is 0.276 e. The van der Waals surface area contributed by atoms with Gasteiger partial charge in [-0.3, -0.25) is 14.4 Å². The number of hydrogen-bond donors (Lipinski definition) is 0. The van der Waals surface area contributed by atoms with E-state index in [1.807, 2.05) is 17.9 Å². The molecule has 152 valence electrons. The van der Waals surface area contributed by atoms with E-state index in [1.54, 1.807) is 22.2 Å². The maximum Gasteiger partial charge on any atom is 0.276 e. The van der Waals surface area contributed by atoms with Gasteiger partial charge in [0.05, 0.1) is 16.9 Å². The molecule has 0 atom stereocenters. The van der Waals surface area contributed by atoms with Crippen LogP contribution in [-0.4, -0.2) is 61.9 Å².